The molecule has 0 radical (unpaired) electrons. The van der Waals surface area contributed by atoms with Crippen LogP contribution in [0.4, 0.5) is 10.1 Å². The zero-order valence-electron chi connectivity index (χ0n) is 16.5. The van der Waals surface area contributed by atoms with Crippen molar-refractivity contribution in [3.8, 4) is 0 Å². The second kappa shape index (κ2) is 10.6. The van der Waals surface area contributed by atoms with E-state index in [0.29, 0.717) is 31.0 Å². The minimum atomic E-state index is -0.577. The number of amides is 2. The largest absolute Gasteiger partial charge is 0.472 e. The van der Waals surface area contributed by atoms with Crippen molar-refractivity contribution in [2.24, 2.45) is 5.92 Å². The van der Waals surface area contributed by atoms with Crippen LogP contribution in [-0.2, 0) is 4.79 Å². The van der Waals surface area contributed by atoms with Crippen LogP contribution >= 0.6 is 0 Å². The summed E-state index contributed by atoms with van der Waals surface area (Å²) in [7, 11) is 0. The second-order valence-electron chi connectivity index (χ2n) is 7.50. The molecular formula is C22H28FN3O3. The Hall–Kier alpha value is -2.83. The molecule has 0 unspecified atom stereocenters. The van der Waals surface area contributed by atoms with Crippen LogP contribution in [0, 0.1) is 11.7 Å². The normalized spacial score (nSPS) is 15.5. The number of furan rings is 1. The topological polar surface area (TPSA) is 83.4 Å². The van der Waals surface area contributed by atoms with Gasteiger partial charge in [-0.05, 0) is 42.7 Å². The fourth-order valence-electron chi connectivity index (χ4n) is 3.71. The summed E-state index contributed by atoms with van der Waals surface area (Å²) in [6.07, 6.45) is 9.23. The molecule has 0 spiro atoms. The highest BCUT2D eigenvalue weighted by Crippen LogP contribution is 2.27. The fraction of sp³-hybridized carbons (Fsp3) is 0.455. The highest BCUT2D eigenvalue weighted by Gasteiger charge is 2.26. The van der Waals surface area contributed by atoms with Gasteiger partial charge in [0.05, 0.1) is 11.8 Å². The number of hydrogen-bond acceptors (Lipinski definition) is 4. The average molecular weight is 401 g/mol. The van der Waals surface area contributed by atoms with E-state index in [4.69, 9.17) is 4.42 Å². The van der Waals surface area contributed by atoms with Gasteiger partial charge in [0.25, 0.3) is 5.91 Å². The molecule has 0 bridgehead atoms. The van der Waals surface area contributed by atoms with Gasteiger partial charge in [0.2, 0.25) is 5.91 Å². The van der Waals surface area contributed by atoms with Crippen molar-refractivity contribution in [1.29, 1.82) is 0 Å². The molecule has 7 heteroatoms. The Bertz CT molecular complexity index is 771. The first-order chi connectivity index (χ1) is 14.1. The van der Waals surface area contributed by atoms with Crippen molar-refractivity contribution < 1.29 is 18.4 Å². The Kier molecular flexibility index (Phi) is 7.67. The van der Waals surface area contributed by atoms with Gasteiger partial charge in [-0.15, -0.1) is 0 Å². The van der Waals surface area contributed by atoms with Crippen molar-refractivity contribution in [1.82, 2.24) is 10.6 Å². The van der Waals surface area contributed by atoms with E-state index in [2.05, 4.69) is 16.0 Å². The molecule has 1 saturated carbocycles. The van der Waals surface area contributed by atoms with Gasteiger partial charge in [-0.25, -0.2) is 4.39 Å². The zero-order chi connectivity index (χ0) is 20.5. The van der Waals surface area contributed by atoms with E-state index >= 15 is 0 Å². The van der Waals surface area contributed by atoms with Crippen LogP contribution in [0.15, 0.2) is 47.3 Å². The van der Waals surface area contributed by atoms with Crippen molar-refractivity contribution in [3.63, 3.8) is 0 Å². The molecule has 0 saturated heterocycles. The minimum Gasteiger partial charge on any atom is -0.472 e. The Morgan fingerprint density at radius 3 is 2.52 bits per heavy atom. The highest BCUT2D eigenvalue weighted by molar-refractivity contribution is 5.97. The van der Waals surface area contributed by atoms with E-state index in [1.165, 1.54) is 43.9 Å². The molecule has 1 aromatic carbocycles. The maximum Gasteiger partial charge on any atom is 0.255 e. The van der Waals surface area contributed by atoms with E-state index < -0.39 is 6.04 Å². The Labute approximate surface area is 170 Å². The lowest BCUT2D eigenvalue weighted by molar-refractivity contribution is -0.123. The summed E-state index contributed by atoms with van der Waals surface area (Å²) in [5.41, 5.74) is 1.19. The van der Waals surface area contributed by atoms with Crippen molar-refractivity contribution >= 4 is 17.5 Å². The van der Waals surface area contributed by atoms with Crippen LogP contribution in [0.25, 0.3) is 0 Å². The van der Waals surface area contributed by atoms with E-state index in [1.807, 2.05) is 0 Å². The number of hydrogen-bond donors (Lipinski definition) is 3. The van der Waals surface area contributed by atoms with Crippen molar-refractivity contribution in [2.75, 3.05) is 18.4 Å². The number of benzene rings is 1. The highest BCUT2D eigenvalue weighted by atomic mass is 19.1. The SMILES string of the molecule is O=C(N[C@@H](CC1CCCCC1)C(=O)NCCNc1ccc(F)cc1)c1ccoc1. The van der Waals surface area contributed by atoms with Crippen molar-refractivity contribution in [3.05, 3.63) is 54.2 Å². The molecule has 2 aromatic rings. The fourth-order valence-corrected chi connectivity index (χ4v) is 3.71. The van der Waals surface area contributed by atoms with Gasteiger partial charge in [0.1, 0.15) is 18.1 Å². The molecule has 1 fully saturated rings. The lowest BCUT2D eigenvalue weighted by Crippen LogP contribution is -2.48. The quantitative estimate of drug-likeness (QED) is 0.559. The summed E-state index contributed by atoms with van der Waals surface area (Å²) in [6, 6.07) is 7.06. The van der Waals surface area contributed by atoms with Crippen LogP contribution < -0.4 is 16.0 Å². The van der Waals surface area contributed by atoms with Crippen LogP contribution in [0.3, 0.4) is 0 Å². The number of nitrogens with one attached hydrogen (secondary N) is 3. The first kappa shape index (κ1) is 20.9. The molecule has 1 heterocycles. The Balaban J connectivity index is 1.51. The number of rotatable bonds is 9. The van der Waals surface area contributed by atoms with Crippen molar-refractivity contribution in [2.45, 2.75) is 44.6 Å². The molecule has 2 amide bonds. The third kappa shape index (κ3) is 6.62. The van der Waals surface area contributed by atoms with Gasteiger partial charge in [-0.2, -0.15) is 0 Å². The first-order valence-corrected chi connectivity index (χ1v) is 10.2. The molecule has 3 rings (SSSR count). The number of carbonyl (C=O) groups excluding carboxylic acids is 2. The van der Waals surface area contributed by atoms with Gasteiger partial charge >= 0.3 is 0 Å². The van der Waals surface area contributed by atoms with E-state index in [1.54, 1.807) is 18.2 Å². The van der Waals surface area contributed by atoms with E-state index in [-0.39, 0.29) is 17.6 Å². The summed E-state index contributed by atoms with van der Waals surface area (Å²) in [5.74, 6) is -0.336. The molecule has 156 valence electrons. The van der Waals surface area contributed by atoms with Crippen LogP contribution in [0.5, 0.6) is 0 Å². The monoisotopic (exact) mass is 401 g/mol. The predicted molar refractivity (Wildman–Crippen MR) is 109 cm³/mol. The summed E-state index contributed by atoms with van der Waals surface area (Å²) >= 11 is 0. The Morgan fingerprint density at radius 1 is 1.07 bits per heavy atom. The first-order valence-electron chi connectivity index (χ1n) is 10.2. The maximum atomic E-state index is 12.9. The summed E-state index contributed by atoms with van der Waals surface area (Å²) < 4.78 is 17.9. The van der Waals surface area contributed by atoms with Gasteiger partial charge in [0, 0.05) is 18.8 Å². The Morgan fingerprint density at radius 2 is 1.83 bits per heavy atom. The van der Waals surface area contributed by atoms with Crippen LogP contribution in [0.2, 0.25) is 0 Å². The van der Waals surface area contributed by atoms with Gasteiger partial charge < -0.3 is 20.4 Å². The van der Waals surface area contributed by atoms with E-state index in [0.717, 1.165) is 18.5 Å². The molecule has 1 aliphatic carbocycles. The smallest absolute Gasteiger partial charge is 0.255 e. The summed E-state index contributed by atoms with van der Waals surface area (Å²) in [4.78, 5) is 25.2. The molecule has 0 aliphatic heterocycles. The average Bonchev–Trinajstić information content (AvgIpc) is 3.28. The molecule has 1 aliphatic rings. The number of halogens is 1. The third-order valence-electron chi connectivity index (χ3n) is 5.30. The molecule has 3 N–H and O–H groups in total. The lowest BCUT2D eigenvalue weighted by atomic mass is 9.84. The molecule has 29 heavy (non-hydrogen) atoms. The van der Waals surface area contributed by atoms with Gasteiger partial charge in [-0.3, -0.25) is 9.59 Å². The molecule has 1 aromatic heterocycles. The summed E-state index contributed by atoms with van der Waals surface area (Å²) in [5, 5.41) is 8.88. The predicted octanol–water partition coefficient (Wildman–Crippen LogP) is 3.72. The lowest BCUT2D eigenvalue weighted by Gasteiger charge is -2.26. The molecule has 1 atom stereocenters. The number of anilines is 1. The zero-order valence-corrected chi connectivity index (χ0v) is 16.5. The summed E-state index contributed by atoms with van der Waals surface area (Å²) in [6.45, 7) is 0.905. The number of carbonyl (C=O) groups is 2. The molecule has 6 nitrogen and oxygen atoms in total. The molecular weight excluding hydrogens is 373 g/mol. The second-order valence-corrected chi connectivity index (χ2v) is 7.50. The van der Waals surface area contributed by atoms with Gasteiger partial charge in [-0.1, -0.05) is 32.1 Å². The van der Waals surface area contributed by atoms with Crippen LogP contribution in [-0.4, -0.2) is 30.9 Å². The van der Waals surface area contributed by atoms with Gasteiger partial charge in [0.15, 0.2) is 0 Å². The van der Waals surface area contributed by atoms with Crippen LogP contribution in [0.1, 0.15) is 48.9 Å². The third-order valence-corrected chi connectivity index (χ3v) is 5.30. The maximum absolute atomic E-state index is 12.9. The standard InChI is InChI=1S/C22H28FN3O3/c23-18-6-8-19(9-7-18)24-11-12-25-22(28)20(14-16-4-2-1-3-5-16)26-21(27)17-10-13-29-15-17/h6-10,13,15-16,20,24H,1-5,11-12,14H2,(H,25,28)(H,26,27)/t20-/m0/s1. The minimum absolute atomic E-state index is 0.187. The van der Waals surface area contributed by atoms with E-state index in [9.17, 15) is 14.0 Å².